The van der Waals surface area contributed by atoms with Gasteiger partial charge in [0, 0.05) is 6.54 Å². The van der Waals surface area contributed by atoms with Crippen LogP contribution in [0.4, 0.5) is 0 Å². The van der Waals surface area contributed by atoms with Crippen LogP contribution in [0.5, 0.6) is 0 Å². The third kappa shape index (κ3) is 3.68. The van der Waals surface area contributed by atoms with Gasteiger partial charge in [-0.05, 0) is 59.8 Å². The number of ether oxygens (including phenoxy) is 1. The van der Waals surface area contributed by atoms with Crippen LogP contribution in [0, 0.1) is 5.92 Å². The van der Waals surface area contributed by atoms with E-state index in [1.807, 2.05) is 20.9 Å². The lowest BCUT2D eigenvalue weighted by Crippen LogP contribution is -2.49. The van der Waals surface area contributed by atoms with Crippen molar-refractivity contribution in [2.24, 2.45) is 5.92 Å². The summed E-state index contributed by atoms with van der Waals surface area (Å²) < 4.78 is 4.84. The van der Waals surface area contributed by atoms with Gasteiger partial charge in [0.25, 0.3) is 0 Å². The van der Waals surface area contributed by atoms with Gasteiger partial charge < -0.3 is 9.64 Å². The Bertz CT molecular complexity index is 266. The van der Waals surface area contributed by atoms with Crippen molar-refractivity contribution in [3.63, 3.8) is 0 Å². The largest absolute Gasteiger partial charge is 0.468 e. The van der Waals surface area contributed by atoms with E-state index in [1.54, 1.807) is 0 Å². The number of likely N-dealkylation sites (tertiary alicyclic amines) is 1. The Hall–Kier alpha value is -0.610. The van der Waals surface area contributed by atoms with Gasteiger partial charge >= 0.3 is 5.97 Å². The lowest BCUT2D eigenvalue weighted by molar-refractivity contribution is -0.152. The van der Waals surface area contributed by atoms with E-state index >= 15 is 0 Å². The van der Waals surface area contributed by atoms with Crippen molar-refractivity contribution in [1.29, 1.82) is 0 Å². The van der Waals surface area contributed by atoms with Crippen LogP contribution in [0.15, 0.2) is 0 Å². The molecule has 0 aromatic heterocycles. The topological polar surface area (TPSA) is 32.8 Å². The van der Waals surface area contributed by atoms with E-state index in [0.29, 0.717) is 0 Å². The highest BCUT2D eigenvalue weighted by Crippen LogP contribution is 2.21. The number of rotatable bonds is 5. The summed E-state index contributed by atoms with van der Waals surface area (Å²) in [6.07, 6.45) is 2.43. The number of carbonyl (C=O) groups is 1. The van der Waals surface area contributed by atoms with Gasteiger partial charge in [-0.1, -0.05) is 0 Å². The maximum absolute atomic E-state index is 11.7. The zero-order valence-electron chi connectivity index (χ0n) is 11.8. The number of hydrogen-bond donors (Lipinski definition) is 0. The highest BCUT2D eigenvalue weighted by molar-refractivity contribution is 5.79. The molecule has 0 aromatic rings. The molecule has 0 N–H and O–H groups in total. The molecular formula is C13H26N2O2. The second kappa shape index (κ2) is 5.83. The van der Waals surface area contributed by atoms with Gasteiger partial charge in [-0.25, -0.2) is 0 Å². The summed E-state index contributed by atoms with van der Waals surface area (Å²) >= 11 is 0. The Labute approximate surface area is 105 Å². The molecule has 0 aliphatic carbocycles. The molecule has 0 spiro atoms. The molecule has 17 heavy (non-hydrogen) atoms. The zero-order valence-corrected chi connectivity index (χ0v) is 11.8. The van der Waals surface area contributed by atoms with Gasteiger partial charge in [0.05, 0.1) is 7.11 Å². The van der Waals surface area contributed by atoms with Gasteiger partial charge in [-0.2, -0.15) is 0 Å². The van der Waals surface area contributed by atoms with Crippen molar-refractivity contribution in [2.45, 2.75) is 32.2 Å². The van der Waals surface area contributed by atoms with Crippen molar-refractivity contribution >= 4 is 5.97 Å². The average molecular weight is 242 g/mol. The van der Waals surface area contributed by atoms with Crippen molar-refractivity contribution in [2.75, 3.05) is 40.8 Å². The van der Waals surface area contributed by atoms with Gasteiger partial charge in [0.1, 0.15) is 5.54 Å². The first kappa shape index (κ1) is 14.5. The van der Waals surface area contributed by atoms with Gasteiger partial charge in [-0.3, -0.25) is 9.69 Å². The summed E-state index contributed by atoms with van der Waals surface area (Å²) in [7, 11) is 5.61. The minimum absolute atomic E-state index is 0.163. The molecule has 1 heterocycles. The van der Waals surface area contributed by atoms with E-state index in [9.17, 15) is 4.79 Å². The van der Waals surface area contributed by atoms with Crippen LogP contribution < -0.4 is 0 Å². The molecule has 4 nitrogen and oxygen atoms in total. The molecule has 0 bridgehead atoms. The van der Waals surface area contributed by atoms with Crippen LogP contribution in [0.3, 0.4) is 0 Å². The molecule has 1 aliphatic rings. The highest BCUT2D eigenvalue weighted by atomic mass is 16.5. The van der Waals surface area contributed by atoms with Crippen LogP contribution in [0.1, 0.15) is 26.7 Å². The van der Waals surface area contributed by atoms with Crippen LogP contribution in [-0.2, 0) is 9.53 Å². The minimum atomic E-state index is -0.529. The summed E-state index contributed by atoms with van der Waals surface area (Å²) in [6, 6.07) is 0. The molecular weight excluding hydrogens is 216 g/mol. The molecule has 1 aliphatic heterocycles. The smallest absolute Gasteiger partial charge is 0.325 e. The van der Waals surface area contributed by atoms with Gasteiger partial charge in [-0.15, -0.1) is 0 Å². The van der Waals surface area contributed by atoms with E-state index in [-0.39, 0.29) is 5.97 Å². The minimum Gasteiger partial charge on any atom is -0.468 e. The molecule has 1 unspecified atom stereocenters. The number of carbonyl (C=O) groups excluding carboxylic acids is 1. The van der Waals surface area contributed by atoms with Gasteiger partial charge in [0.15, 0.2) is 0 Å². The van der Waals surface area contributed by atoms with E-state index in [4.69, 9.17) is 4.74 Å². The summed E-state index contributed by atoms with van der Waals surface area (Å²) in [6.45, 7) is 7.17. The quantitative estimate of drug-likeness (QED) is 0.679. The summed E-state index contributed by atoms with van der Waals surface area (Å²) in [4.78, 5) is 16.1. The highest BCUT2D eigenvalue weighted by Gasteiger charge is 2.33. The third-order valence-corrected chi connectivity index (χ3v) is 4.00. The Morgan fingerprint density at radius 3 is 2.65 bits per heavy atom. The van der Waals surface area contributed by atoms with E-state index in [1.165, 1.54) is 26.6 Å². The fraction of sp³-hybridized carbons (Fsp3) is 0.923. The molecule has 0 saturated carbocycles. The average Bonchev–Trinajstić information content (AvgIpc) is 2.70. The van der Waals surface area contributed by atoms with E-state index < -0.39 is 5.54 Å². The SMILES string of the molecule is COC(=O)C(C)(C)N(C)CCC1CCN(C)C1. The lowest BCUT2D eigenvalue weighted by Gasteiger charge is -2.33. The summed E-state index contributed by atoms with van der Waals surface area (Å²) in [5.41, 5.74) is -0.529. The molecule has 4 heteroatoms. The number of nitrogens with zero attached hydrogens (tertiary/aromatic N) is 2. The Balaban J connectivity index is 2.38. The summed E-state index contributed by atoms with van der Waals surface area (Å²) in [5, 5.41) is 0. The molecule has 0 radical (unpaired) electrons. The zero-order chi connectivity index (χ0) is 13.1. The van der Waals surface area contributed by atoms with Crippen LogP contribution in [0.2, 0.25) is 0 Å². The first-order valence-corrected chi connectivity index (χ1v) is 6.36. The fourth-order valence-corrected chi connectivity index (χ4v) is 2.32. The number of methoxy groups -OCH3 is 1. The van der Waals surface area contributed by atoms with Crippen molar-refractivity contribution in [3.05, 3.63) is 0 Å². The second-order valence-electron chi connectivity index (χ2n) is 5.68. The maximum atomic E-state index is 11.7. The molecule has 100 valence electrons. The fourth-order valence-electron chi connectivity index (χ4n) is 2.32. The second-order valence-corrected chi connectivity index (χ2v) is 5.68. The van der Waals surface area contributed by atoms with Crippen LogP contribution in [-0.4, -0.2) is 62.1 Å². The standard InChI is InChI=1S/C13H26N2O2/c1-13(2,12(16)17-5)15(4)9-7-11-6-8-14(3)10-11/h11H,6-10H2,1-5H3. The normalized spacial score (nSPS) is 22.1. The number of esters is 1. The monoisotopic (exact) mass is 242 g/mol. The van der Waals surface area contributed by atoms with Crippen molar-refractivity contribution in [3.8, 4) is 0 Å². The molecule has 1 saturated heterocycles. The lowest BCUT2D eigenvalue weighted by atomic mass is 10.0. The van der Waals surface area contributed by atoms with E-state index in [0.717, 1.165) is 18.9 Å². The number of hydrogen-bond acceptors (Lipinski definition) is 4. The first-order chi connectivity index (χ1) is 7.87. The predicted molar refractivity (Wildman–Crippen MR) is 68.9 cm³/mol. The van der Waals surface area contributed by atoms with Crippen LogP contribution >= 0.6 is 0 Å². The molecule has 0 aromatic carbocycles. The van der Waals surface area contributed by atoms with E-state index in [2.05, 4.69) is 16.8 Å². The molecule has 1 rings (SSSR count). The maximum Gasteiger partial charge on any atom is 0.325 e. The Kier molecular flexibility index (Phi) is 4.95. The van der Waals surface area contributed by atoms with Crippen LogP contribution in [0.25, 0.3) is 0 Å². The summed E-state index contributed by atoms with van der Waals surface area (Å²) in [5.74, 6) is 0.611. The van der Waals surface area contributed by atoms with Gasteiger partial charge in [0.2, 0.25) is 0 Å². The third-order valence-electron chi connectivity index (χ3n) is 4.00. The first-order valence-electron chi connectivity index (χ1n) is 6.36. The molecule has 1 atom stereocenters. The predicted octanol–water partition coefficient (Wildman–Crippen LogP) is 1.21. The molecule has 0 amide bonds. The van der Waals surface area contributed by atoms with Crippen molar-refractivity contribution < 1.29 is 9.53 Å². The Morgan fingerprint density at radius 1 is 1.53 bits per heavy atom. The Morgan fingerprint density at radius 2 is 2.18 bits per heavy atom. The number of likely N-dealkylation sites (N-methyl/N-ethyl adjacent to an activating group) is 1. The molecule has 1 fully saturated rings. The van der Waals surface area contributed by atoms with Crippen molar-refractivity contribution in [1.82, 2.24) is 9.80 Å².